The van der Waals surface area contributed by atoms with Crippen LogP contribution in [0.5, 0.6) is 0 Å². The maximum absolute atomic E-state index is 12.6. The number of carboxylic acid groups (broad SMARTS) is 1. The van der Waals surface area contributed by atoms with E-state index in [1.165, 1.54) is 6.20 Å². The number of carbonyl (C=O) groups is 1. The second-order valence-electron chi connectivity index (χ2n) is 2.77. The highest BCUT2D eigenvalue weighted by Gasteiger charge is 2.21. The molecule has 0 aliphatic rings. The number of pyridine rings is 1. The van der Waals surface area contributed by atoms with E-state index in [2.05, 4.69) is 4.98 Å². The molecule has 0 fully saturated rings. The quantitative estimate of drug-likeness (QED) is 0.656. The van der Waals surface area contributed by atoms with Crippen molar-refractivity contribution in [2.24, 2.45) is 0 Å². The van der Waals surface area contributed by atoms with Crippen LogP contribution in [0.2, 0.25) is 0 Å². The van der Waals surface area contributed by atoms with E-state index in [-0.39, 0.29) is 15.0 Å². The van der Waals surface area contributed by atoms with Crippen molar-refractivity contribution in [3.05, 3.63) is 21.0 Å². The highest BCUT2D eigenvalue weighted by atomic mass is 127. The minimum Gasteiger partial charge on any atom is -0.481 e. The van der Waals surface area contributed by atoms with E-state index in [0.29, 0.717) is 0 Å². The van der Waals surface area contributed by atoms with Crippen molar-refractivity contribution in [3.8, 4) is 0 Å². The van der Waals surface area contributed by atoms with Crippen molar-refractivity contribution in [2.75, 3.05) is 5.73 Å². The van der Waals surface area contributed by atoms with Crippen LogP contribution < -0.4 is 5.73 Å². The summed E-state index contributed by atoms with van der Waals surface area (Å²) in [5, 5.41) is 8.57. The van der Waals surface area contributed by atoms with Gasteiger partial charge >= 0.3 is 5.97 Å². The summed E-state index contributed by atoms with van der Waals surface area (Å²) >= 11 is 1.63. The number of nitrogens with zero attached hydrogens (tertiary/aromatic N) is 1. The molecule has 0 saturated heterocycles. The number of hydrogen-bond donors (Lipinski definition) is 2. The molecule has 0 aromatic carbocycles. The molecule has 0 unspecified atom stereocenters. The number of alkyl halides is 2. The van der Waals surface area contributed by atoms with E-state index in [9.17, 15) is 13.6 Å². The number of nitrogen functional groups attached to an aromatic ring is 1. The van der Waals surface area contributed by atoms with Gasteiger partial charge in [-0.2, -0.15) is 0 Å². The number of halogens is 3. The van der Waals surface area contributed by atoms with Crippen molar-refractivity contribution in [3.63, 3.8) is 0 Å². The molecule has 1 rings (SSSR count). The second-order valence-corrected chi connectivity index (χ2v) is 3.79. The zero-order valence-electron chi connectivity index (χ0n) is 7.38. The van der Waals surface area contributed by atoms with Crippen LogP contribution in [0, 0.1) is 3.70 Å². The van der Waals surface area contributed by atoms with Gasteiger partial charge in [-0.15, -0.1) is 0 Å². The third-order valence-electron chi connectivity index (χ3n) is 1.76. The molecule has 0 aliphatic carbocycles. The fourth-order valence-corrected chi connectivity index (χ4v) is 1.82. The Morgan fingerprint density at radius 3 is 2.73 bits per heavy atom. The van der Waals surface area contributed by atoms with E-state index in [0.717, 1.165) is 0 Å². The third kappa shape index (κ3) is 2.74. The third-order valence-corrected chi connectivity index (χ3v) is 2.62. The Bertz CT molecular complexity index is 398. The SMILES string of the molecule is Nc1cnc(I)c(C(F)F)c1CC(=O)O. The number of rotatable bonds is 3. The van der Waals surface area contributed by atoms with Gasteiger partial charge in [0.15, 0.2) is 0 Å². The summed E-state index contributed by atoms with van der Waals surface area (Å²) in [5.74, 6) is -1.20. The molecule has 0 aliphatic heterocycles. The summed E-state index contributed by atoms with van der Waals surface area (Å²) in [5.41, 5.74) is 4.94. The molecule has 7 heteroatoms. The van der Waals surface area contributed by atoms with Gasteiger partial charge in [0, 0.05) is 0 Å². The lowest BCUT2D eigenvalue weighted by Gasteiger charge is -2.10. The minimum atomic E-state index is -2.78. The first-order valence-electron chi connectivity index (χ1n) is 3.86. The van der Waals surface area contributed by atoms with Gasteiger partial charge in [-0.25, -0.2) is 13.8 Å². The van der Waals surface area contributed by atoms with Crippen LogP contribution in [0.15, 0.2) is 6.20 Å². The average molecular weight is 328 g/mol. The van der Waals surface area contributed by atoms with E-state index >= 15 is 0 Å². The first kappa shape index (κ1) is 12.1. The lowest BCUT2D eigenvalue weighted by Crippen LogP contribution is -2.10. The van der Waals surface area contributed by atoms with Crippen molar-refractivity contribution in [2.45, 2.75) is 12.8 Å². The molecular formula is C8H7F2IN2O2. The van der Waals surface area contributed by atoms with Crippen molar-refractivity contribution >= 4 is 34.2 Å². The smallest absolute Gasteiger partial charge is 0.307 e. The monoisotopic (exact) mass is 328 g/mol. The molecule has 15 heavy (non-hydrogen) atoms. The first-order valence-corrected chi connectivity index (χ1v) is 4.94. The second kappa shape index (κ2) is 4.69. The fourth-order valence-electron chi connectivity index (χ4n) is 1.12. The maximum Gasteiger partial charge on any atom is 0.307 e. The molecule has 0 bridgehead atoms. The molecular weight excluding hydrogens is 321 g/mol. The molecule has 1 heterocycles. The van der Waals surface area contributed by atoms with E-state index in [1.54, 1.807) is 22.6 Å². The van der Waals surface area contributed by atoms with Gasteiger partial charge in [0.1, 0.15) is 3.70 Å². The molecule has 0 saturated carbocycles. The van der Waals surface area contributed by atoms with Crippen LogP contribution in [-0.4, -0.2) is 16.1 Å². The van der Waals surface area contributed by atoms with Gasteiger partial charge in [-0.1, -0.05) is 0 Å². The summed E-state index contributed by atoms with van der Waals surface area (Å²) in [6, 6.07) is 0. The molecule has 0 amide bonds. The summed E-state index contributed by atoms with van der Waals surface area (Å²) in [6.45, 7) is 0. The van der Waals surface area contributed by atoms with Gasteiger partial charge in [-0.05, 0) is 28.2 Å². The lowest BCUT2D eigenvalue weighted by atomic mass is 10.1. The van der Waals surface area contributed by atoms with Crippen LogP contribution in [0.1, 0.15) is 17.6 Å². The fraction of sp³-hybridized carbons (Fsp3) is 0.250. The molecule has 0 atom stereocenters. The maximum atomic E-state index is 12.6. The number of carboxylic acids is 1. The first-order chi connectivity index (χ1) is 6.93. The molecule has 4 nitrogen and oxygen atoms in total. The Morgan fingerprint density at radius 2 is 2.27 bits per heavy atom. The van der Waals surface area contributed by atoms with Gasteiger partial charge in [0.2, 0.25) is 0 Å². The highest BCUT2D eigenvalue weighted by Crippen LogP contribution is 2.30. The van der Waals surface area contributed by atoms with E-state index in [1.807, 2.05) is 0 Å². The van der Waals surface area contributed by atoms with Crippen LogP contribution in [0.25, 0.3) is 0 Å². The van der Waals surface area contributed by atoms with Crippen LogP contribution >= 0.6 is 22.6 Å². The zero-order valence-corrected chi connectivity index (χ0v) is 9.53. The summed E-state index contributed by atoms with van der Waals surface area (Å²) in [4.78, 5) is 14.1. The van der Waals surface area contributed by atoms with Crippen LogP contribution in [0.3, 0.4) is 0 Å². The number of aliphatic carboxylic acids is 1. The van der Waals surface area contributed by atoms with Gasteiger partial charge in [-0.3, -0.25) is 4.79 Å². The molecule has 0 spiro atoms. The van der Waals surface area contributed by atoms with Gasteiger partial charge in [0.05, 0.1) is 23.9 Å². The van der Waals surface area contributed by atoms with Crippen molar-refractivity contribution in [1.29, 1.82) is 0 Å². The Labute approximate surface area is 97.6 Å². The highest BCUT2D eigenvalue weighted by molar-refractivity contribution is 14.1. The average Bonchev–Trinajstić information content (AvgIpc) is 2.10. The van der Waals surface area contributed by atoms with Crippen molar-refractivity contribution < 1.29 is 18.7 Å². The van der Waals surface area contributed by atoms with E-state index in [4.69, 9.17) is 10.8 Å². The number of nitrogens with two attached hydrogens (primary N) is 1. The minimum absolute atomic E-state index is 0.0203. The largest absolute Gasteiger partial charge is 0.481 e. The standard InChI is InChI=1S/C8H7F2IN2O2/c9-7(10)6-3(1-5(14)15)4(12)2-13-8(6)11/h2,7H,1,12H2,(H,14,15). The molecule has 1 aromatic rings. The molecule has 1 aromatic heterocycles. The lowest BCUT2D eigenvalue weighted by molar-refractivity contribution is -0.136. The number of anilines is 1. The number of hydrogen-bond acceptors (Lipinski definition) is 3. The molecule has 82 valence electrons. The predicted molar refractivity (Wildman–Crippen MR) is 57.7 cm³/mol. The number of aromatic nitrogens is 1. The van der Waals surface area contributed by atoms with Gasteiger partial charge in [0.25, 0.3) is 6.43 Å². The summed E-state index contributed by atoms with van der Waals surface area (Å²) in [7, 11) is 0. The summed E-state index contributed by atoms with van der Waals surface area (Å²) in [6.07, 6.45) is -2.11. The van der Waals surface area contributed by atoms with Gasteiger partial charge < -0.3 is 10.8 Å². The Morgan fingerprint density at radius 1 is 1.67 bits per heavy atom. The zero-order chi connectivity index (χ0) is 11.6. The molecule has 3 N–H and O–H groups in total. The van der Waals surface area contributed by atoms with Crippen molar-refractivity contribution in [1.82, 2.24) is 4.98 Å². The Hall–Kier alpha value is -0.990. The Balaban J connectivity index is 3.31. The topological polar surface area (TPSA) is 76.2 Å². The van der Waals surface area contributed by atoms with Crippen LogP contribution in [0.4, 0.5) is 14.5 Å². The molecule has 0 radical (unpaired) electrons. The Kier molecular flexibility index (Phi) is 3.77. The van der Waals surface area contributed by atoms with E-state index < -0.39 is 24.4 Å². The predicted octanol–water partition coefficient (Wildman–Crippen LogP) is 1.83. The normalized spacial score (nSPS) is 10.7. The summed E-state index contributed by atoms with van der Waals surface area (Å²) < 4.78 is 25.3. The van der Waals surface area contributed by atoms with Crippen LogP contribution in [-0.2, 0) is 11.2 Å².